The molecule has 0 saturated heterocycles. The van der Waals surface area contributed by atoms with Crippen LogP contribution in [0.15, 0.2) is 24.4 Å². The summed E-state index contributed by atoms with van der Waals surface area (Å²) < 4.78 is 0. The van der Waals surface area contributed by atoms with Gasteiger partial charge in [-0.25, -0.2) is 4.98 Å². The molecule has 0 bridgehead atoms. The monoisotopic (exact) mass is 259 g/mol. The van der Waals surface area contributed by atoms with Crippen LogP contribution < -0.4 is 0 Å². The Hall–Kier alpha value is -1.64. The van der Waals surface area contributed by atoms with Gasteiger partial charge in [0.2, 0.25) is 0 Å². The summed E-state index contributed by atoms with van der Waals surface area (Å²) in [6, 6.07) is 0. The molecule has 0 atom stereocenters. The molecule has 1 heterocycles. The Bertz CT molecular complexity index is 453. The molecule has 0 aliphatic heterocycles. The smallest absolute Gasteiger partial charge is 0.107 e. The number of hydrogen-bond donors (Lipinski definition) is 1. The summed E-state index contributed by atoms with van der Waals surface area (Å²) in [5.41, 5.74) is 2.02. The third-order valence-corrected chi connectivity index (χ3v) is 3.17. The van der Waals surface area contributed by atoms with Gasteiger partial charge in [0.25, 0.3) is 0 Å². The number of nitrogens with zero attached hydrogens (tertiary/aromatic N) is 2. The minimum atomic E-state index is 0.263. The molecule has 0 radical (unpaired) electrons. The summed E-state index contributed by atoms with van der Waals surface area (Å²) in [4.78, 5) is 11.9. The van der Waals surface area contributed by atoms with Crippen molar-refractivity contribution in [3.63, 3.8) is 0 Å². The molecule has 1 N–H and O–H groups in total. The number of hydrogen-bond acceptors (Lipinski definition) is 2. The largest absolute Gasteiger partial charge is 0.342 e. The van der Waals surface area contributed by atoms with E-state index in [0.29, 0.717) is 0 Å². The standard InChI is InChI=1S/C16H25N3/c1-6-9-10-16(4,5)11-15-18-13(7-2)14(19-15)12-17-8-3/h7-8,12H,2-3,6,9-11H2,1,4-5H3,(H,18,19)/b17-12-. The average Bonchev–Trinajstić information content (AvgIpc) is 2.75. The van der Waals surface area contributed by atoms with Crippen molar-refractivity contribution in [2.75, 3.05) is 0 Å². The predicted octanol–water partition coefficient (Wildman–Crippen LogP) is 4.37. The van der Waals surface area contributed by atoms with Gasteiger partial charge >= 0.3 is 0 Å². The Balaban J connectivity index is 2.84. The summed E-state index contributed by atoms with van der Waals surface area (Å²) in [6.45, 7) is 14.2. The van der Waals surface area contributed by atoms with Gasteiger partial charge < -0.3 is 4.98 Å². The molecule has 3 nitrogen and oxygen atoms in total. The van der Waals surface area contributed by atoms with Crippen LogP contribution >= 0.6 is 0 Å². The topological polar surface area (TPSA) is 41.0 Å². The van der Waals surface area contributed by atoms with E-state index in [-0.39, 0.29) is 5.41 Å². The molecule has 3 heteroatoms. The molecule has 1 rings (SSSR count). The fraction of sp³-hybridized carbons (Fsp3) is 0.500. The number of imidazole rings is 1. The zero-order valence-electron chi connectivity index (χ0n) is 12.4. The van der Waals surface area contributed by atoms with Crippen LogP contribution in [0.25, 0.3) is 6.08 Å². The van der Waals surface area contributed by atoms with E-state index < -0.39 is 0 Å². The van der Waals surface area contributed by atoms with Gasteiger partial charge in [0.15, 0.2) is 0 Å². The first-order valence-corrected chi connectivity index (χ1v) is 6.88. The number of H-pyrrole nitrogens is 1. The lowest BCUT2D eigenvalue weighted by Gasteiger charge is -2.23. The van der Waals surface area contributed by atoms with Crippen LogP contribution in [-0.4, -0.2) is 16.2 Å². The molecule has 0 fully saturated rings. The Morgan fingerprint density at radius 1 is 1.37 bits per heavy atom. The van der Waals surface area contributed by atoms with E-state index in [4.69, 9.17) is 0 Å². The number of nitrogens with one attached hydrogen (secondary N) is 1. The molecule has 0 aliphatic carbocycles. The Kier molecular flexibility index (Phi) is 5.74. The summed E-state index contributed by atoms with van der Waals surface area (Å²) in [5.74, 6) is 1.00. The fourth-order valence-electron chi connectivity index (χ4n) is 2.11. The van der Waals surface area contributed by atoms with Gasteiger partial charge in [-0.3, -0.25) is 4.99 Å². The first-order chi connectivity index (χ1) is 9.02. The van der Waals surface area contributed by atoms with Gasteiger partial charge in [-0.2, -0.15) is 0 Å². The van der Waals surface area contributed by atoms with E-state index in [9.17, 15) is 0 Å². The van der Waals surface area contributed by atoms with Crippen LogP contribution in [0.3, 0.4) is 0 Å². The second-order valence-corrected chi connectivity index (χ2v) is 5.59. The second-order valence-electron chi connectivity index (χ2n) is 5.59. The molecular formula is C16H25N3. The normalized spacial score (nSPS) is 11.9. The van der Waals surface area contributed by atoms with Crippen molar-refractivity contribution >= 4 is 12.3 Å². The third-order valence-electron chi connectivity index (χ3n) is 3.17. The zero-order valence-corrected chi connectivity index (χ0v) is 12.4. The molecule has 0 unspecified atom stereocenters. The van der Waals surface area contributed by atoms with Crippen molar-refractivity contribution in [1.82, 2.24) is 9.97 Å². The van der Waals surface area contributed by atoms with E-state index in [1.165, 1.54) is 25.5 Å². The quantitative estimate of drug-likeness (QED) is 0.692. The van der Waals surface area contributed by atoms with Gasteiger partial charge in [0.05, 0.1) is 11.9 Å². The van der Waals surface area contributed by atoms with Crippen LogP contribution in [0, 0.1) is 5.41 Å². The highest BCUT2D eigenvalue weighted by atomic mass is 14.9. The van der Waals surface area contributed by atoms with E-state index in [0.717, 1.165) is 23.6 Å². The third kappa shape index (κ3) is 4.86. The minimum absolute atomic E-state index is 0.263. The fourth-order valence-corrected chi connectivity index (χ4v) is 2.11. The number of rotatable bonds is 8. The van der Waals surface area contributed by atoms with Gasteiger partial charge in [-0.05, 0) is 17.9 Å². The van der Waals surface area contributed by atoms with Crippen molar-refractivity contribution in [3.8, 4) is 0 Å². The van der Waals surface area contributed by atoms with E-state index in [1.54, 1.807) is 12.3 Å². The Morgan fingerprint density at radius 2 is 2.11 bits per heavy atom. The lowest BCUT2D eigenvalue weighted by atomic mass is 9.84. The highest BCUT2D eigenvalue weighted by molar-refractivity contribution is 5.82. The molecule has 1 aromatic heterocycles. The number of unbranched alkanes of at least 4 members (excludes halogenated alkanes) is 1. The zero-order chi connectivity index (χ0) is 14.3. The molecule has 0 aliphatic rings. The van der Waals surface area contributed by atoms with Crippen molar-refractivity contribution in [2.45, 2.75) is 46.5 Å². The molecule has 104 valence electrons. The van der Waals surface area contributed by atoms with Gasteiger partial charge in [-0.15, -0.1) is 0 Å². The molecular weight excluding hydrogens is 234 g/mol. The van der Waals surface area contributed by atoms with Gasteiger partial charge in [0, 0.05) is 12.6 Å². The molecule has 0 aromatic carbocycles. The number of aromatic amines is 1. The molecule has 0 amide bonds. The summed E-state index contributed by atoms with van der Waals surface area (Å²) in [5, 5.41) is 0. The maximum atomic E-state index is 4.59. The summed E-state index contributed by atoms with van der Waals surface area (Å²) in [6.07, 6.45) is 9.64. The molecule has 1 aromatic rings. The lowest BCUT2D eigenvalue weighted by molar-refractivity contribution is 0.315. The summed E-state index contributed by atoms with van der Waals surface area (Å²) in [7, 11) is 0. The summed E-state index contributed by atoms with van der Waals surface area (Å²) >= 11 is 0. The minimum Gasteiger partial charge on any atom is -0.342 e. The first-order valence-electron chi connectivity index (χ1n) is 6.88. The first kappa shape index (κ1) is 15.4. The highest BCUT2D eigenvalue weighted by Crippen LogP contribution is 2.27. The predicted molar refractivity (Wildman–Crippen MR) is 83.5 cm³/mol. The van der Waals surface area contributed by atoms with E-state index in [1.807, 2.05) is 0 Å². The van der Waals surface area contributed by atoms with Crippen LogP contribution in [-0.2, 0) is 6.42 Å². The Morgan fingerprint density at radius 3 is 2.68 bits per heavy atom. The maximum absolute atomic E-state index is 4.59. The van der Waals surface area contributed by atoms with Crippen LogP contribution in [0.2, 0.25) is 0 Å². The second kappa shape index (κ2) is 7.07. The van der Waals surface area contributed by atoms with Crippen LogP contribution in [0.1, 0.15) is 57.2 Å². The van der Waals surface area contributed by atoms with Crippen molar-refractivity contribution in [2.24, 2.45) is 10.4 Å². The lowest BCUT2D eigenvalue weighted by Crippen LogP contribution is -2.15. The number of aliphatic imine (C=N–C) groups is 1. The van der Waals surface area contributed by atoms with E-state index >= 15 is 0 Å². The average molecular weight is 259 g/mol. The SMILES string of the molecule is C=C/N=C\c1nc(CC(C)(C)CCCC)[nH]c1C=C. The van der Waals surface area contributed by atoms with Crippen LogP contribution in [0.4, 0.5) is 0 Å². The number of aromatic nitrogens is 2. The maximum Gasteiger partial charge on any atom is 0.107 e. The molecule has 0 spiro atoms. The van der Waals surface area contributed by atoms with Crippen molar-refractivity contribution < 1.29 is 0 Å². The molecule has 19 heavy (non-hydrogen) atoms. The van der Waals surface area contributed by atoms with Crippen molar-refractivity contribution in [3.05, 3.63) is 36.6 Å². The highest BCUT2D eigenvalue weighted by Gasteiger charge is 2.20. The van der Waals surface area contributed by atoms with Crippen molar-refractivity contribution in [1.29, 1.82) is 0 Å². The van der Waals surface area contributed by atoms with Crippen LogP contribution in [0.5, 0.6) is 0 Å². The van der Waals surface area contributed by atoms with E-state index in [2.05, 4.69) is 48.9 Å². The Labute approximate surface area is 116 Å². The molecule has 0 saturated carbocycles. The van der Waals surface area contributed by atoms with Gasteiger partial charge in [-0.1, -0.05) is 46.8 Å². The van der Waals surface area contributed by atoms with Gasteiger partial charge in [0.1, 0.15) is 11.5 Å².